The maximum atomic E-state index is 11.8. The van der Waals surface area contributed by atoms with Crippen molar-refractivity contribution in [3.63, 3.8) is 0 Å². The number of amides is 1. The molecule has 1 aliphatic heterocycles. The normalized spacial score (nSPS) is 23.1. The minimum absolute atomic E-state index is 0.0778. The van der Waals surface area contributed by atoms with Crippen molar-refractivity contribution in [1.82, 2.24) is 10.2 Å². The highest BCUT2D eigenvalue weighted by molar-refractivity contribution is 5.81. The molecule has 0 aromatic carbocycles. The summed E-state index contributed by atoms with van der Waals surface area (Å²) in [5, 5.41) is 11.8. The fraction of sp³-hybridized carbons (Fsp3) is 0.846. The summed E-state index contributed by atoms with van der Waals surface area (Å²) in [5.41, 5.74) is 0. The van der Waals surface area contributed by atoms with Crippen molar-refractivity contribution < 1.29 is 4.79 Å². The molecular formula is C13H23N3O. The Hall–Kier alpha value is -1.08. The summed E-state index contributed by atoms with van der Waals surface area (Å²) >= 11 is 0. The second-order valence-corrected chi connectivity index (χ2v) is 5.37. The van der Waals surface area contributed by atoms with E-state index in [9.17, 15) is 4.79 Å². The molecule has 17 heavy (non-hydrogen) atoms. The molecule has 1 amide bonds. The summed E-state index contributed by atoms with van der Waals surface area (Å²) in [4.78, 5) is 14.1. The standard InChI is InChI=1S/C13H23N3O/c1-10(2)12(7-14)13(17)15-8-11-5-4-6-16(3)9-11/h10-12H,4-6,8-9H2,1-3H3,(H,15,17). The van der Waals surface area contributed by atoms with Gasteiger partial charge in [0.05, 0.1) is 6.07 Å². The van der Waals surface area contributed by atoms with Crippen LogP contribution in [0.4, 0.5) is 0 Å². The Labute approximate surface area is 104 Å². The van der Waals surface area contributed by atoms with Gasteiger partial charge in [-0.15, -0.1) is 0 Å². The van der Waals surface area contributed by atoms with Crippen molar-refractivity contribution in [3.05, 3.63) is 0 Å². The molecule has 0 aromatic heterocycles. The first-order chi connectivity index (χ1) is 8.04. The highest BCUT2D eigenvalue weighted by Gasteiger charge is 2.23. The van der Waals surface area contributed by atoms with E-state index in [-0.39, 0.29) is 11.8 Å². The van der Waals surface area contributed by atoms with Crippen molar-refractivity contribution in [1.29, 1.82) is 5.26 Å². The molecule has 2 atom stereocenters. The molecular weight excluding hydrogens is 214 g/mol. The molecule has 2 unspecified atom stereocenters. The second-order valence-electron chi connectivity index (χ2n) is 5.37. The number of likely N-dealkylation sites (tertiary alicyclic amines) is 1. The number of nitrogens with zero attached hydrogens (tertiary/aromatic N) is 2. The first-order valence-electron chi connectivity index (χ1n) is 6.40. The number of nitrogens with one attached hydrogen (secondary N) is 1. The van der Waals surface area contributed by atoms with Crippen LogP contribution in [-0.4, -0.2) is 37.5 Å². The van der Waals surface area contributed by atoms with Gasteiger partial charge in [0, 0.05) is 13.1 Å². The molecule has 1 fully saturated rings. The third kappa shape index (κ3) is 4.35. The van der Waals surface area contributed by atoms with Crippen LogP contribution in [0.3, 0.4) is 0 Å². The van der Waals surface area contributed by atoms with Crippen molar-refractivity contribution >= 4 is 5.91 Å². The predicted molar refractivity (Wildman–Crippen MR) is 67.2 cm³/mol. The molecule has 0 spiro atoms. The lowest BCUT2D eigenvalue weighted by atomic mass is 9.95. The first-order valence-corrected chi connectivity index (χ1v) is 6.40. The van der Waals surface area contributed by atoms with Crippen LogP contribution in [0.5, 0.6) is 0 Å². The van der Waals surface area contributed by atoms with Crippen LogP contribution in [0.25, 0.3) is 0 Å². The van der Waals surface area contributed by atoms with Crippen LogP contribution in [0.1, 0.15) is 26.7 Å². The minimum atomic E-state index is -0.517. The largest absolute Gasteiger partial charge is 0.355 e. The molecule has 0 aromatic rings. The molecule has 0 aliphatic carbocycles. The van der Waals surface area contributed by atoms with Gasteiger partial charge in [-0.2, -0.15) is 5.26 Å². The Balaban J connectivity index is 2.35. The topological polar surface area (TPSA) is 56.1 Å². The summed E-state index contributed by atoms with van der Waals surface area (Å²) < 4.78 is 0. The summed E-state index contributed by atoms with van der Waals surface area (Å²) in [6.07, 6.45) is 2.37. The van der Waals surface area contributed by atoms with Gasteiger partial charge in [0.25, 0.3) is 0 Å². The van der Waals surface area contributed by atoms with Crippen LogP contribution < -0.4 is 5.32 Å². The van der Waals surface area contributed by atoms with Gasteiger partial charge in [0.1, 0.15) is 5.92 Å². The maximum absolute atomic E-state index is 11.8. The van der Waals surface area contributed by atoms with Crippen molar-refractivity contribution in [2.75, 3.05) is 26.7 Å². The minimum Gasteiger partial charge on any atom is -0.355 e. The van der Waals surface area contributed by atoms with Gasteiger partial charge in [-0.05, 0) is 38.3 Å². The van der Waals surface area contributed by atoms with E-state index in [1.165, 1.54) is 12.8 Å². The Morgan fingerprint density at radius 3 is 2.82 bits per heavy atom. The van der Waals surface area contributed by atoms with Crippen LogP contribution in [0, 0.1) is 29.1 Å². The van der Waals surface area contributed by atoms with Crippen molar-refractivity contribution in [2.24, 2.45) is 17.8 Å². The third-order valence-electron chi connectivity index (χ3n) is 3.38. The summed E-state index contributed by atoms with van der Waals surface area (Å²) in [6.45, 7) is 6.70. The van der Waals surface area contributed by atoms with Gasteiger partial charge in [-0.25, -0.2) is 0 Å². The predicted octanol–water partition coefficient (Wildman–Crippen LogP) is 1.24. The van der Waals surface area contributed by atoms with E-state index in [1.54, 1.807) is 0 Å². The lowest BCUT2D eigenvalue weighted by Crippen LogP contribution is -2.41. The number of rotatable bonds is 4. The van der Waals surface area contributed by atoms with E-state index in [0.29, 0.717) is 12.5 Å². The van der Waals surface area contributed by atoms with Crippen molar-refractivity contribution in [2.45, 2.75) is 26.7 Å². The van der Waals surface area contributed by atoms with E-state index in [2.05, 4.69) is 23.3 Å². The number of piperidine rings is 1. The first kappa shape index (κ1) is 14.0. The number of nitriles is 1. The number of hydrogen-bond donors (Lipinski definition) is 1. The van der Waals surface area contributed by atoms with Gasteiger partial charge in [0.2, 0.25) is 5.91 Å². The quantitative estimate of drug-likeness (QED) is 0.800. The van der Waals surface area contributed by atoms with E-state index in [0.717, 1.165) is 13.1 Å². The molecule has 0 saturated carbocycles. The van der Waals surface area contributed by atoms with Gasteiger partial charge >= 0.3 is 0 Å². The van der Waals surface area contributed by atoms with Gasteiger partial charge in [-0.3, -0.25) is 4.79 Å². The van der Waals surface area contributed by atoms with Crippen molar-refractivity contribution in [3.8, 4) is 6.07 Å². The van der Waals surface area contributed by atoms with Crippen LogP contribution >= 0.6 is 0 Å². The average molecular weight is 237 g/mol. The lowest BCUT2D eigenvalue weighted by molar-refractivity contribution is -0.124. The highest BCUT2D eigenvalue weighted by atomic mass is 16.1. The second kappa shape index (κ2) is 6.61. The molecule has 96 valence electrons. The van der Waals surface area contributed by atoms with E-state index in [4.69, 9.17) is 5.26 Å². The van der Waals surface area contributed by atoms with Gasteiger partial charge < -0.3 is 10.2 Å². The van der Waals surface area contributed by atoms with Gasteiger partial charge in [0.15, 0.2) is 0 Å². The molecule has 1 N–H and O–H groups in total. The summed E-state index contributed by atoms with van der Waals surface area (Å²) in [7, 11) is 2.11. The Morgan fingerprint density at radius 1 is 1.59 bits per heavy atom. The molecule has 0 radical (unpaired) electrons. The zero-order valence-electron chi connectivity index (χ0n) is 11.1. The molecule has 1 aliphatic rings. The molecule has 0 bridgehead atoms. The summed E-state index contributed by atoms with van der Waals surface area (Å²) in [6, 6.07) is 2.08. The fourth-order valence-corrected chi connectivity index (χ4v) is 2.31. The van der Waals surface area contributed by atoms with Crippen LogP contribution in [-0.2, 0) is 4.79 Å². The highest BCUT2D eigenvalue weighted by Crippen LogP contribution is 2.15. The number of hydrogen-bond acceptors (Lipinski definition) is 3. The molecule has 1 heterocycles. The Bertz CT molecular complexity index is 296. The third-order valence-corrected chi connectivity index (χ3v) is 3.38. The van der Waals surface area contributed by atoms with Gasteiger partial charge in [-0.1, -0.05) is 13.8 Å². The van der Waals surface area contributed by atoms with Crippen LogP contribution in [0.15, 0.2) is 0 Å². The lowest BCUT2D eigenvalue weighted by Gasteiger charge is -2.30. The zero-order valence-corrected chi connectivity index (χ0v) is 11.1. The van der Waals surface area contributed by atoms with E-state index >= 15 is 0 Å². The smallest absolute Gasteiger partial charge is 0.237 e. The summed E-state index contributed by atoms with van der Waals surface area (Å²) in [5.74, 6) is -0.0229. The average Bonchev–Trinajstić information content (AvgIpc) is 2.27. The Morgan fingerprint density at radius 2 is 2.29 bits per heavy atom. The SMILES string of the molecule is CC(C)C(C#N)C(=O)NCC1CCCN(C)C1. The van der Waals surface area contributed by atoms with E-state index in [1.807, 2.05) is 13.8 Å². The fourth-order valence-electron chi connectivity index (χ4n) is 2.31. The molecule has 4 heteroatoms. The maximum Gasteiger partial charge on any atom is 0.237 e. The van der Waals surface area contributed by atoms with E-state index < -0.39 is 5.92 Å². The monoisotopic (exact) mass is 237 g/mol. The zero-order chi connectivity index (χ0) is 12.8. The number of carbonyl (C=O) groups excluding carboxylic acids is 1. The molecule has 4 nitrogen and oxygen atoms in total. The molecule has 1 rings (SSSR count). The number of carbonyl (C=O) groups is 1. The Kier molecular flexibility index (Phi) is 5.43. The molecule has 1 saturated heterocycles. The van der Waals surface area contributed by atoms with Crippen LogP contribution in [0.2, 0.25) is 0 Å².